The Bertz CT molecular complexity index is 956. The van der Waals surface area contributed by atoms with Crippen LogP contribution in [0.3, 0.4) is 0 Å². The molecule has 0 aliphatic heterocycles. The number of hydrogen-bond acceptors (Lipinski definition) is 5. The van der Waals surface area contributed by atoms with Gasteiger partial charge in [0, 0.05) is 11.8 Å². The Morgan fingerprint density at radius 2 is 1.82 bits per heavy atom. The van der Waals surface area contributed by atoms with E-state index in [1.165, 1.54) is 23.2 Å². The van der Waals surface area contributed by atoms with Crippen LogP contribution in [0.2, 0.25) is 0 Å². The van der Waals surface area contributed by atoms with Crippen molar-refractivity contribution in [1.82, 2.24) is 10.5 Å². The Balaban J connectivity index is 1.86. The molecular weight excluding hydrogens is 376 g/mol. The van der Waals surface area contributed by atoms with Crippen LogP contribution in [0.5, 0.6) is 0 Å². The van der Waals surface area contributed by atoms with Crippen LogP contribution in [-0.4, -0.2) is 29.3 Å². The van der Waals surface area contributed by atoms with Gasteiger partial charge in [-0.2, -0.15) is 0 Å². The summed E-state index contributed by atoms with van der Waals surface area (Å²) >= 11 is 0. The molecule has 3 rings (SSSR count). The van der Waals surface area contributed by atoms with Gasteiger partial charge >= 0.3 is 0 Å². The van der Waals surface area contributed by atoms with Crippen LogP contribution >= 0.6 is 0 Å². The number of hydroxylamine groups is 1. The van der Waals surface area contributed by atoms with Crippen LogP contribution in [0.4, 0.5) is 0 Å². The van der Waals surface area contributed by atoms with Gasteiger partial charge in [0.25, 0.3) is 5.91 Å². The first-order valence-corrected chi connectivity index (χ1v) is 10.8. The van der Waals surface area contributed by atoms with Crippen LogP contribution in [0.25, 0.3) is 11.3 Å². The zero-order valence-electron chi connectivity index (χ0n) is 15.8. The second-order valence-electron chi connectivity index (χ2n) is 7.00. The molecule has 6 nitrogen and oxygen atoms in total. The van der Waals surface area contributed by atoms with Crippen molar-refractivity contribution in [2.75, 3.05) is 0 Å². The number of amides is 1. The van der Waals surface area contributed by atoms with Crippen molar-refractivity contribution < 1.29 is 18.4 Å². The molecule has 148 valence electrons. The zero-order valence-corrected chi connectivity index (χ0v) is 16.6. The number of nitrogens with zero attached hydrogens (tertiary/aromatic N) is 1. The number of sulfone groups is 1. The molecule has 28 heavy (non-hydrogen) atoms. The minimum absolute atomic E-state index is 0.0320. The fraction of sp³-hybridized carbons (Fsp3) is 0.333. The lowest BCUT2D eigenvalue weighted by atomic mass is 10.1. The molecule has 1 heterocycles. The molecule has 7 heteroatoms. The number of aromatic nitrogens is 1. The first-order chi connectivity index (χ1) is 13.4. The number of carbonyl (C=O) groups excluding carboxylic acids is 1. The third-order valence-corrected chi connectivity index (χ3v) is 7.64. The fourth-order valence-electron chi connectivity index (χ4n) is 3.41. The number of aryl methyl sites for hydroxylation is 1. The van der Waals surface area contributed by atoms with Crippen molar-refractivity contribution in [2.24, 2.45) is 0 Å². The van der Waals surface area contributed by atoms with Crippen LogP contribution in [-0.2, 0) is 21.1 Å². The van der Waals surface area contributed by atoms with Crippen molar-refractivity contribution in [2.45, 2.75) is 48.7 Å². The summed E-state index contributed by atoms with van der Waals surface area (Å²) in [5, 5.41) is 9.04. The molecule has 0 radical (unpaired) electrons. The summed E-state index contributed by atoms with van der Waals surface area (Å²) in [4.78, 5) is 16.7. The number of rotatable bonds is 7. The van der Waals surface area contributed by atoms with Crippen molar-refractivity contribution >= 4 is 15.7 Å². The molecule has 1 aromatic carbocycles. The van der Waals surface area contributed by atoms with E-state index in [2.05, 4.69) is 11.9 Å². The standard InChI is InChI=1S/C21H24N2O4S/c1-2-3-6-16-7-12-19(22-15-16)17-8-10-18(11-9-17)28(26,27)21(20(24)23-25)13-4-5-14-21/h4-5,7-12,15,25H,2-3,6,13-14H2,1H3,(H,23,24). The van der Waals surface area contributed by atoms with Crippen molar-refractivity contribution in [3.05, 3.63) is 60.3 Å². The monoisotopic (exact) mass is 400 g/mol. The Hall–Kier alpha value is -2.51. The molecule has 0 bridgehead atoms. The van der Waals surface area contributed by atoms with E-state index in [4.69, 9.17) is 5.21 Å². The lowest BCUT2D eigenvalue weighted by molar-refractivity contribution is -0.131. The highest BCUT2D eigenvalue weighted by atomic mass is 32.2. The van der Waals surface area contributed by atoms with E-state index in [1.54, 1.807) is 24.3 Å². The summed E-state index contributed by atoms with van der Waals surface area (Å²) in [6, 6.07) is 10.3. The average Bonchev–Trinajstić information content (AvgIpc) is 3.24. The zero-order chi connectivity index (χ0) is 20.2. The molecule has 1 aromatic heterocycles. The number of hydrogen-bond donors (Lipinski definition) is 2. The summed E-state index contributed by atoms with van der Waals surface area (Å²) in [6.45, 7) is 2.15. The lowest BCUT2D eigenvalue weighted by Gasteiger charge is -2.26. The highest BCUT2D eigenvalue weighted by Crippen LogP contribution is 2.37. The van der Waals surface area contributed by atoms with E-state index >= 15 is 0 Å². The third kappa shape index (κ3) is 3.59. The van der Waals surface area contributed by atoms with Crippen molar-refractivity contribution in [3.63, 3.8) is 0 Å². The maximum absolute atomic E-state index is 13.1. The van der Waals surface area contributed by atoms with Crippen molar-refractivity contribution in [1.29, 1.82) is 0 Å². The van der Waals surface area contributed by atoms with Gasteiger partial charge < -0.3 is 0 Å². The topological polar surface area (TPSA) is 96.4 Å². The van der Waals surface area contributed by atoms with Gasteiger partial charge in [0.2, 0.25) is 0 Å². The van der Waals surface area contributed by atoms with Gasteiger partial charge in [0.1, 0.15) is 0 Å². The maximum Gasteiger partial charge on any atom is 0.265 e. The number of unbranched alkanes of at least 4 members (excludes halogenated alkanes) is 1. The number of allylic oxidation sites excluding steroid dienone is 2. The smallest absolute Gasteiger partial charge is 0.265 e. The van der Waals surface area contributed by atoms with Gasteiger partial charge in [-0.3, -0.25) is 15.0 Å². The Kier molecular flexibility index (Phi) is 5.96. The van der Waals surface area contributed by atoms with Crippen LogP contribution < -0.4 is 5.48 Å². The van der Waals surface area contributed by atoms with Gasteiger partial charge in [-0.1, -0.05) is 43.7 Å². The van der Waals surface area contributed by atoms with Crippen LogP contribution in [0, 0.1) is 0 Å². The summed E-state index contributed by atoms with van der Waals surface area (Å²) in [6.07, 6.45) is 8.43. The molecule has 0 saturated heterocycles. The molecule has 0 fully saturated rings. The molecule has 0 atom stereocenters. The summed E-state index contributed by atoms with van der Waals surface area (Å²) in [7, 11) is -3.98. The molecule has 0 unspecified atom stereocenters. The number of carbonyl (C=O) groups is 1. The Morgan fingerprint density at radius 1 is 1.14 bits per heavy atom. The third-order valence-electron chi connectivity index (χ3n) is 5.20. The quantitative estimate of drug-likeness (QED) is 0.421. The number of benzene rings is 1. The average molecular weight is 401 g/mol. The van der Waals surface area contributed by atoms with E-state index in [1.807, 2.05) is 18.3 Å². The fourth-order valence-corrected chi connectivity index (χ4v) is 5.28. The van der Waals surface area contributed by atoms with E-state index < -0.39 is 20.5 Å². The summed E-state index contributed by atoms with van der Waals surface area (Å²) in [5.74, 6) is -0.911. The van der Waals surface area contributed by atoms with Crippen LogP contribution in [0.15, 0.2) is 59.6 Å². The Labute approximate surface area is 165 Å². The van der Waals surface area contributed by atoms with Crippen molar-refractivity contribution in [3.8, 4) is 11.3 Å². The minimum atomic E-state index is -3.98. The van der Waals surface area contributed by atoms with Gasteiger partial charge in [-0.05, 0) is 49.4 Å². The highest BCUT2D eigenvalue weighted by Gasteiger charge is 2.51. The van der Waals surface area contributed by atoms with Crippen LogP contribution in [0.1, 0.15) is 38.2 Å². The molecule has 1 amide bonds. The maximum atomic E-state index is 13.1. The van der Waals surface area contributed by atoms with E-state index in [-0.39, 0.29) is 17.7 Å². The molecule has 2 N–H and O–H groups in total. The van der Waals surface area contributed by atoms with E-state index in [0.717, 1.165) is 30.5 Å². The van der Waals surface area contributed by atoms with E-state index in [9.17, 15) is 13.2 Å². The predicted octanol–water partition coefficient (Wildman–Crippen LogP) is 3.46. The summed E-state index contributed by atoms with van der Waals surface area (Å²) < 4.78 is 24.5. The molecule has 1 aliphatic rings. The lowest BCUT2D eigenvalue weighted by Crippen LogP contribution is -2.50. The predicted molar refractivity (Wildman–Crippen MR) is 107 cm³/mol. The summed E-state index contributed by atoms with van der Waals surface area (Å²) in [5.41, 5.74) is 4.25. The number of pyridine rings is 1. The van der Waals surface area contributed by atoms with Gasteiger partial charge in [-0.15, -0.1) is 0 Å². The second kappa shape index (κ2) is 8.24. The van der Waals surface area contributed by atoms with Gasteiger partial charge in [0.15, 0.2) is 14.6 Å². The SMILES string of the molecule is CCCCc1ccc(-c2ccc(S(=O)(=O)C3(C(=O)NO)CC=CC3)cc2)nc1. The largest absolute Gasteiger partial charge is 0.289 e. The first kappa shape index (κ1) is 20.2. The molecular formula is C21H24N2O4S. The van der Waals surface area contributed by atoms with Gasteiger partial charge in [0.05, 0.1) is 10.6 Å². The first-order valence-electron chi connectivity index (χ1n) is 9.34. The second-order valence-corrected chi connectivity index (χ2v) is 9.26. The minimum Gasteiger partial charge on any atom is -0.289 e. The normalized spacial score (nSPS) is 15.5. The highest BCUT2D eigenvalue weighted by molar-refractivity contribution is 7.93. The molecule has 0 saturated carbocycles. The number of nitrogens with one attached hydrogen (secondary N) is 1. The Morgan fingerprint density at radius 3 is 2.36 bits per heavy atom. The van der Waals surface area contributed by atoms with Gasteiger partial charge in [-0.25, -0.2) is 13.9 Å². The van der Waals surface area contributed by atoms with E-state index in [0.29, 0.717) is 0 Å². The molecule has 0 spiro atoms. The molecule has 2 aromatic rings. The molecule has 1 aliphatic carbocycles.